The Kier molecular flexibility index (Phi) is 3.85. The monoisotopic (exact) mass is 279 g/mol. The average molecular weight is 279 g/mol. The number of imide groups is 1. The van der Waals surface area contributed by atoms with Gasteiger partial charge in [-0.15, -0.1) is 0 Å². The molecule has 0 unspecified atom stereocenters. The Balaban J connectivity index is 1.84. The van der Waals surface area contributed by atoms with Gasteiger partial charge in [-0.05, 0) is 39.8 Å². The van der Waals surface area contributed by atoms with Gasteiger partial charge in [0.05, 0.1) is 6.04 Å². The third-order valence-corrected chi connectivity index (χ3v) is 3.42. The highest BCUT2D eigenvalue weighted by Crippen LogP contribution is 2.17. The zero-order valence-electron chi connectivity index (χ0n) is 12.3. The smallest absolute Gasteiger partial charge is 0.325 e. The third-order valence-electron chi connectivity index (χ3n) is 3.42. The molecule has 0 aromatic carbocycles. The molecular formula is C14H21N3O3. The minimum atomic E-state index is -0.805. The predicted octanol–water partition coefficient (Wildman–Crippen LogP) is 1.57. The SMILES string of the molecule is Cc1ccc([C@@H](C)NCCN2C(=O)NC(C)(C)C2=O)o1. The lowest BCUT2D eigenvalue weighted by Gasteiger charge is -2.17. The minimum Gasteiger partial charge on any atom is -0.465 e. The zero-order chi connectivity index (χ0) is 14.9. The highest BCUT2D eigenvalue weighted by atomic mass is 16.3. The van der Waals surface area contributed by atoms with Crippen molar-refractivity contribution in [2.24, 2.45) is 0 Å². The highest BCUT2D eigenvalue weighted by Gasteiger charge is 2.43. The lowest BCUT2D eigenvalue weighted by molar-refractivity contribution is -0.130. The first kappa shape index (κ1) is 14.6. The molecule has 0 radical (unpaired) electrons. The van der Waals surface area contributed by atoms with Crippen LogP contribution in [0.4, 0.5) is 4.79 Å². The lowest BCUT2D eigenvalue weighted by Crippen LogP contribution is -2.41. The quantitative estimate of drug-likeness (QED) is 0.802. The zero-order valence-corrected chi connectivity index (χ0v) is 12.3. The summed E-state index contributed by atoms with van der Waals surface area (Å²) in [4.78, 5) is 24.9. The molecule has 1 atom stereocenters. The predicted molar refractivity (Wildman–Crippen MR) is 74.2 cm³/mol. The van der Waals surface area contributed by atoms with E-state index in [-0.39, 0.29) is 18.0 Å². The fourth-order valence-electron chi connectivity index (χ4n) is 2.20. The van der Waals surface area contributed by atoms with Gasteiger partial charge in [0, 0.05) is 13.1 Å². The fourth-order valence-corrected chi connectivity index (χ4v) is 2.20. The molecular weight excluding hydrogens is 258 g/mol. The molecule has 2 heterocycles. The van der Waals surface area contributed by atoms with E-state index in [9.17, 15) is 9.59 Å². The number of aryl methyl sites for hydroxylation is 1. The summed E-state index contributed by atoms with van der Waals surface area (Å²) in [6.45, 7) is 8.15. The largest absolute Gasteiger partial charge is 0.465 e. The number of carbonyl (C=O) groups excluding carboxylic acids is 2. The number of rotatable bonds is 5. The van der Waals surface area contributed by atoms with Crippen LogP contribution in [0.15, 0.2) is 16.5 Å². The molecule has 3 amide bonds. The minimum absolute atomic E-state index is 0.0393. The van der Waals surface area contributed by atoms with Gasteiger partial charge >= 0.3 is 6.03 Å². The standard InChI is InChI=1S/C14H21N3O3/c1-9-5-6-11(20-9)10(2)15-7-8-17-12(18)14(3,4)16-13(17)19/h5-6,10,15H,7-8H2,1-4H3,(H,16,19)/t10-/m1/s1. The van der Waals surface area contributed by atoms with E-state index in [2.05, 4.69) is 10.6 Å². The molecule has 6 heteroatoms. The summed E-state index contributed by atoms with van der Waals surface area (Å²) in [6.07, 6.45) is 0. The van der Waals surface area contributed by atoms with Gasteiger partial charge in [-0.1, -0.05) is 0 Å². The molecule has 6 nitrogen and oxygen atoms in total. The molecule has 0 spiro atoms. The van der Waals surface area contributed by atoms with Crippen molar-refractivity contribution in [3.63, 3.8) is 0 Å². The van der Waals surface area contributed by atoms with Crippen molar-refractivity contribution < 1.29 is 14.0 Å². The van der Waals surface area contributed by atoms with Crippen LogP contribution < -0.4 is 10.6 Å². The van der Waals surface area contributed by atoms with Crippen LogP contribution >= 0.6 is 0 Å². The van der Waals surface area contributed by atoms with E-state index in [4.69, 9.17) is 4.42 Å². The number of hydrogen-bond donors (Lipinski definition) is 2. The van der Waals surface area contributed by atoms with Crippen molar-refractivity contribution in [1.82, 2.24) is 15.5 Å². The third kappa shape index (κ3) is 2.85. The molecule has 1 aliphatic heterocycles. The molecule has 1 aliphatic rings. The van der Waals surface area contributed by atoms with Crippen LogP contribution in [-0.4, -0.2) is 35.5 Å². The molecule has 1 saturated heterocycles. The number of carbonyl (C=O) groups is 2. The summed E-state index contributed by atoms with van der Waals surface area (Å²) in [5.74, 6) is 1.52. The van der Waals surface area contributed by atoms with Gasteiger partial charge in [0.25, 0.3) is 5.91 Å². The maximum Gasteiger partial charge on any atom is 0.325 e. The molecule has 1 aromatic heterocycles. The van der Waals surface area contributed by atoms with Crippen LogP contribution in [0, 0.1) is 6.92 Å². The Hall–Kier alpha value is -1.82. The Bertz CT molecular complexity index is 521. The molecule has 20 heavy (non-hydrogen) atoms. The number of hydrogen-bond acceptors (Lipinski definition) is 4. The second-order valence-electron chi connectivity index (χ2n) is 5.64. The molecule has 0 bridgehead atoms. The van der Waals surface area contributed by atoms with Crippen LogP contribution in [0.3, 0.4) is 0 Å². The molecule has 2 rings (SSSR count). The molecule has 2 N–H and O–H groups in total. The second-order valence-corrected chi connectivity index (χ2v) is 5.64. The molecule has 0 saturated carbocycles. The highest BCUT2D eigenvalue weighted by molar-refractivity contribution is 6.06. The number of amides is 3. The fraction of sp³-hybridized carbons (Fsp3) is 0.571. The first-order chi connectivity index (χ1) is 9.31. The maximum atomic E-state index is 12.0. The van der Waals surface area contributed by atoms with E-state index in [1.54, 1.807) is 13.8 Å². The van der Waals surface area contributed by atoms with Crippen molar-refractivity contribution >= 4 is 11.9 Å². The lowest BCUT2D eigenvalue weighted by atomic mass is 10.1. The van der Waals surface area contributed by atoms with Gasteiger partial charge in [0.2, 0.25) is 0 Å². The summed E-state index contributed by atoms with van der Waals surface area (Å²) >= 11 is 0. The van der Waals surface area contributed by atoms with Crippen molar-refractivity contribution in [2.75, 3.05) is 13.1 Å². The van der Waals surface area contributed by atoms with Gasteiger partial charge in [-0.25, -0.2) is 4.79 Å². The molecule has 110 valence electrons. The van der Waals surface area contributed by atoms with E-state index in [1.807, 2.05) is 26.0 Å². The summed E-state index contributed by atoms with van der Waals surface area (Å²) in [5.41, 5.74) is -0.805. The maximum absolute atomic E-state index is 12.0. The Morgan fingerprint density at radius 1 is 1.40 bits per heavy atom. The van der Waals surface area contributed by atoms with Crippen LogP contribution in [0.2, 0.25) is 0 Å². The van der Waals surface area contributed by atoms with Crippen LogP contribution in [0.1, 0.15) is 38.3 Å². The number of urea groups is 1. The van der Waals surface area contributed by atoms with Gasteiger partial charge in [0.15, 0.2) is 0 Å². The van der Waals surface area contributed by atoms with Crippen molar-refractivity contribution in [3.05, 3.63) is 23.7 Å². The van der Waals surface area contributed by atoms with E-state index in [0.717, 1.165) is 11.5 Å². The first-order valence-corrected chi connectivity index (χ1v) is 6.75. The van der Waals surface area contributed by atoms with Crippen molar-refractivity contribution in [3.8, 4) is 0 Å². The van der Waals surface area contributed by atoms with E-state index < -0.39 is 5.54 Å². The summed E-state index contributed by atoms with van der Waals surface area (Å²) < 4.78 is 5.52. The summed E-state index contributed by atoms with van der Waals surface area (Å²) in [7, 11) is 0. The number of furan rings is 1. The number of nitrogens with zero attached hydrogens (tertiary/aromatic N) is 1. The van der Waals surface area contributed by atoms with Crippen molar-refractivity contribution in [1.29, 1.82) is 0 Å². The van der Waals surface area contributed by atoms with E-state index in [0.29, 0.717) is 13.1 Å². The normalized spacial score (nSPS) is 19.3. The topological polar surface area (TPSA) is 74.6 Å². The van der Waals surface area contributed by atoms with E-state index in [1.165, 1.54) is 4.90 Å². The Morgan fingerprint density at radius 2 is 2.10 bits per heavy atom. The molecule has 0 aliphatic carbocycles. The van der Waals surface area contributed by atoms with Crippen LogP contribution in [0.5, 0.6) is 0 Å². The van der Waals surface area contributed by atoms with Crippen molar-refractivity contribution in [2.45, 2.75) is 39.3 Å². The van der Waals surface area contributed by atoms with Gasteiger partial charge in [-0.3, -0.25) is 9.69 Å². The summed E-state index contributed by atoms with van der Waals surface area (Å²) in [5, 5.41) is 5.90. The Morgan fingerprint density at radius 3 is 2.60 bits per heavy atom. The van der Waals surface area contributed by atoms with Gasteiger partial charge < -0.3 is 15.1 Å². The molecule has 1 fully saturated rings. The molecule has 1 aromatic rings. The van der Waals surface area contributed by atoms with Crippen LogP contribution in [-0.2, 0) is 4.79 Å². The average Bonchev–Trinajstić information content (AvgIpc) is 2.86. The van der Waals surface area contributed by atoms with Gasteiger partial charge in [-0.2, -0.15) is 0 Å². The van der Waals surface area contributed by atoms with Crippen LogP contribution in [0.25, 0.3) is 0 Å². The first-order valence-electron chi connectivity index (χ1n) is 6.75. The van der Waals surface area contributed by atoms with Gasteiger partial charge in [0.1, 0.15) is 17.1 Å². The van der Waals surface area contributed by atoms with E-state index >= 15 is 0 Å². The Labute approximate surface area is 118 Å². The number of nitrogens with one attached hydrogen (secondary N) is 2. The summed E-state index contributed by atoms with van der Waals surface area (Å²) in [6, 6.07) is 3.54. The second kappa shape index (κ2) is 5.28.